The monoisotopic (exact) mass is 336 g/mol. The molecule has 1 N–H and O–H groups in total. The second kappa shape index (κ2) is 4.57. The minimum absolute atomic E-state index is 0.0264. The molecule has 5 heteroatoms. The number of nitrogens with zero attached hydrogens (tertiary/aromatic N) is 1. The zero-order chi connectivity index (χ0) is 10.8. The largest absolute Gasteiger partial charge is 0.338 e. The summed E-state index contributed by atoms with van der Waals surface area (Å²) in [5.74, 6) is 0. The second-order valence-corrected chi connectivity index (χ2v) is 4.93. The first-order chi connectivity index (χ1) is 7.18. The number of hydrogen-bond acceptors (Lipinski definition) is 1. The van der Waals surface area contributed by atoms with Crippen LogP contribution >= 0.6 is 34.2 Å². The molecule has 2 rings (SSSR count). The molecule has 0 unspecified atom stereocenters. The smallest absolute Gasteiger partial charge is 0.321 e. The highest BCUT2D eigenvalue weighted by molar-refractivity contribution is 14.1. The highest BCUT2D eigenvalue weighted by atomic mass is 127. The molecule has 80 valence electrons. The first-order valence-corrected chi connectivity index (χ1v) is 6.14. The van der Waals surface area contributed by atoms with E-state index >= 15 is 0 Å². The Kier molecular flexibility index (Phi) is 3.35. The molecule has 1 saturated heterocycles. The first-order valence-electron chi connectivity index (χ1n) is 4.69. The Morgan fingerprint density at radius 1 is 1.47 bits per heavy atom. The van der Waals surface area contributed by atoms with Crippen LogP contribution in [-0.2, 0) is 0 Å². The fourth-order valence-electron chi connectivity index (χ4n) is 1.56. The molecule has 3 nitrogen and oxygen atoms in total. The van der Waals surface area contributed by atoms with E-state index in [0.29, 0.717) is 5.02 Å². The van der Waals surface area contributed by atoms with E-state index in [1.165, 1.54) is 0 Å². The first kappa shape index (κ1) is 11.0. The van der Waals surface area contributed by atoms with Crippen LogP contribution in [0, 0.1) is 3.57 Å². The van der Waals surface area contributed by atoms with Crippen LogP contribution in [-0.4, -0.2) is 19.1 Å². The molecule has 0 atom stereocenters. The molecule has 1 aliphatic heterocycles. The maximum Gasteiger partial charge on any atom is 0.321 e. The van der Waals surface area contributed by atoms with Gasteiger partial charge in [0.05, 0.1) is 5.69 Å². The zero-order valence-corrected chi connectivity index (χ0v) is 10.9. The number of urea groups is 1. The molecule has 0 spiro atoms. The quantitative estimate of drug-likeness (QED) is 0.786. The summed E-state index contributed by atoms with van der Waals surface area (Å²) in [7, 11) is 0. The molecule has 1 aromatic carbocycles. The van der Waals surface area contributed by atoms with Crippen molar-refractivity contribution >= 4 is 45.9 Å². The van der Waals surface area contributed by atoms with E-state index in [4.69, 9.17) is 11.6 Å². The number of nitrogens with one attached hydrogen (secondary N) is 1. The molecule has 0 radical (unpaired) electrons. The molecule has 0 aromatic heterocycles. The summed E-state index contributed by atoms with van der Waals surface area (Å²) in [4.78, 5) is 13.4. The number of hydrogen-bond donors (Lipinski definition) is 1. The molecular formula is C10H10ClIN2O. The van der Waals surface area contributed by atoms with Gasteiger partial charge in [0.1, 0.15) is 0 Å². The third-order valence-electron chi connectivity index (χ3n) is 2.28. The van der Waals surface area contributed by atoms with Crippen molar-refractivity contribution in [3.05, 3.63) is 26.8 Å². The summed E-state index contributed by atoms with van der Waals surface area (Å²) in [5.41, 5.74) is 0.928. The van der Waals surface area contributed by atoms with Crippen LogP contribution in [0.1, 0.15) is 6.42 Å². The van der Waals surface area contributed by atoms with Gasteiger partial charge >= 0.3 is 6.03 Å². The Morgan fingerprint density at radius 2 is 2.27 bits per heavy atom. The number of carbonyl (C=O) groups excluding carboxylic acids is 1. The van der Waals surface area contributed by atoms with Gasteiger partial charge in [0.25, 0.3) is 0 Å². The summed E-state index contributed by atoms with van der Waals surface area (Å²) in [6.07, 6.45) is 0.977. The summed E-state index contributed by atoms with van der Waals surface area (Å²) < 4.78 is 0.997. The van der Waals surface area contributed by atoms with E-state index in [0.717, 1.165) is 28.8 Å². The van der Waals surface area contributed by atoms with Crippen molar-refractivity contribution in [1.29, 1.82) is 0 Å². The molecule has 1 fully saturated rings. The summed E-state index contributed by atoms with van der Waals surface area (Å²) >= 11 is 8.06. The molecule has 0 aliphatic carbocycles. The molecule has 15 heavy (non-hydrogen) atoms. The number of anilines is 1. The number of benzene rings is 1. The van der Waals surface area contributed by atoms with Gasteiger partial charge in [-0.2, -0.15) is 0 Å². The molecule has 1 aliphatic rings. The van der Waals surface area contributed by atoms with E-state index in [1.807, 2.05) is 12.1 Å². The van der Waals surface area contributed by atoms with Crippen molar-refractivity contribution < 1.29 is 4.79 Å². The van der Waals surface area contributed by atoms with Crippen molar-refractivity contribution in [2.45, 2.75) is 6.42 Å². The van der Waals surface area contributed by atoms with Crippen molar-refractivity contribution in [3.8, 4) is 0 Å². The van der Waals surface area contributed by atoms with Crippen molar-refractivity contribution in [2.75, 3.05) is 18.0 Å². The van der Waals surface area contributed by atoms with Gasteiger partial charge in [-0.1, -0.05) is 11.6 Å². The van der Waals surface area contributed by atoms with Crippen LogP contribution in [0.5, 0.6) is 0 Å². The van der Waals surface area contributed by atoms with Crippen molar-refractivity contribution in [3.63, 3.8) is 0 Å². The van der Waals surface area contributed by atoms with E-state index in [-0.39, 0.29) is 6.03 Å². The number of carbonyl (C=O) groups is 1. The summed E-state index contributed by atoms with van der Waals surface area (Å²) in [5, 5.41) is 3.52. The SMILES string of the molecule is O=C1NCCCN1c1ccc(Cl)cc1I. The third kappa shape index (κ3) is 2.36. The van der Waals surface area contributed by atoms with Gasteiger partial charge in [0.2, 0.25) is 0 Å². The Morgan fingerprint density at radius 3 is 2.93 bits per heavy atom. The van der Waals surface area contributed by atoms with Gasteiger partial charge < -0.3 is 5.32 Å². The van der Waals surface area contributed by atoms with Crippen molar-refractivity contribution in [2.24, 2.45) is 0 Å². The van der Waals surface area contributed by atoms with Crippen LogP contribution in [0.4, 0.5) is 10.5 Å². The van der Waals surface area contributed by atoms with Gasteiger partial charge in [-0.25, -0.2) is 4.79 Å². The van der Waals surface area contributed by atoms with E-state index in [2.05, 4.69) is 27.9 Å². The van der Waals surface area contributed by atoms with Crippen LogP contribution in [0.15, 0.2) is 18.2 Å². The Labute approximate surface area is 107 Å². The average molecular weight is 337 g/mol. The Bertz CT molecular complexity index is 397. The molecule has 0 saturated carbocycles. The minimum Gasteiger partial charge on any atom is -0.338 e. The topological polar surface area (TPSA) is 32.3 Å². The molecule has 1 heterocycles. The van der Waals surface area contributed by atoms with Gasteiger partial charge in [0.15, 0.2) is 0 Å². The Hall–Kier alpha value is -0.490. The predicted molar refractivity (Wildman–Crippen MR) is 69.5 cm³/mol. The molecule has 1 aromatic rings. The van der Waals surface area contributed by atoms with Crippen LogP contribution < -0.4 is 10.2 Å². The molecular weight excluding hydrogens is 326 g/mol. The van der Waals surface area contributed by atoms with E-state index in [1.54, 1.807) is 11.0 Å². The van der Waals surface area contributed by atoms with Crippen LogP contribution in [0.25, 0.3) is 0 Å². The Balaban J connectivity index is 2.31. The van der Waals surface area contributed by atoms with E-state index in [9.17, 15) is 4.79 Å². The minimum atomic E-state index is -0.0264. The van der Waals surface area contributed by atoms with Gasteiger partial charge in [-0.05, 0) is 47.2 Å². The lowest BCUT2D eigenvalue weighted by molar-refractivity contribution is 0.243. The highest BCUT2D eigenvalue weighted by Crippen LogP contribution is 2.26. The van der Waals surface area contributed by atoms with Gasteiger partial charge in [-0.15, -0.1) is 0 Å². The number of amides is 2. The van der Waals surface area contributed by atoms with Crippen LogP contribution in [0.3, 0.4) is 0 Å². The third-order valence-corrected chi connectivity index (χ3v) is 3.38. The molecule has 2 amide bonds. The predicted octanol–water partition coefficient (Wildman–Crippen LogP) is 2.86. The van der Waals surface area contributed by atoms with Crippen LogP contribution in [0.2, 0.25) is 5.02 Å². The fourth-order valence-corrected chi connectivity index (χ4v) is 2.72. The average Bonchev–Trinajstić information content (AvgIpc) is 2.20. The summed E-state index contributed by atoms with van der Waals surface area (Å²) in [6, 6.07) is 5.52. The fraction of sp³-hybridized carbons (Fsp3) is 0.300. The standard InChI is InChI=1S/C10H10ClIN2O/c11-7-2-3-9(8(12)6-7)14-5-1-4-13-10(14)15/h2-3,6H,1,4-5H2,(H,13,15). The lowest BCUT2D eigenvalue weighted by Gasteiger charge is -2.28. The van der Waals surface area contributed by atoms with Gasteiger partial charge in [0, 0.05) is 21.7 Å². The maximum absolute atomic E-state index is 11.6. The lowest BCUT2D eigenvalue weighted by Crippen LogP contribution is -2.46. The zero-order valence-electron chi connectivity index (χ0n) is 7.96. The normalized spacial score (nSPS) is 16.4. The summed E-state index contributed by atoms with van der Waals surface area (Å²) in [6.45, 7) is 1.53. The number of halogens is 2. The molecule has 0 bridgehead atoms. The van der Waals surface area contributed by atoms with E-state index < -0.39 is 0 Å². The lowest BCUT2D eigenvalue weighted by atomic mass is 10.2. The number of rotatable bonds is 1. The van der Waals surface area contributed by atoms with Gasteiger partial charge in [-0.3, -0.25) is 4.90 Å². The highest BCUT2D eigenvalue weighted by Gasteiger charge is 2.20. The maximum atomic E-state index is 11.6. The second-order valence-electron chi connectivity index (χ2n) is 3.33. The van der Waals surface area contributed by atoms with Crippen molar-refractivity contribution in [1.82, 2.24) is 5.32 Å².